The van der Waals surface area contributed by atoms with Gasteiger partial charge in [-0.1, -0.05) is 17.7 Å². The number of nitro benzene ring substituents is 1. The SMILES string of the molecule is NCC(N)c1c(Cl)cccc1[N+](=O)[O-]. The summed E-state index contributed by atoms with van der Waals surface area (Å²) in [4.78, 5) is 10.1. The number of rotatable bonds is 3. The van der Waals surface area contributed by atoms with Crippen LogP contribution in [-0.2, 0) is 0 Å². The first kappa shape index (κ1) is 10.9. The maximum absolute atomic E-state index is 10.6. The third-order valence-electron chi connectivity index (χ3n) is 1.85. The molecule has 1 aromatic carbocycles. The summed E-state index contributed by atoms with van der Waals surface area (Å²) in [5.41, 5.74) is 11.2. The van der Waals surface area contributed by atoms with Crippen molar-refractivity contribution in [3.8, 4) is 0 Å². The summed E-state index contributed by atoms with van der Waals surface area (Å²) in [6.07, 6.45) is 0. The van der Waals surface area contributed by atoms with Gasteiger partial charge in [0, 0.05) is 12.6 Å². The van der Waals surface area contributed by atoms with Gasteiger partial charge in [0.25, 0.3) is 5.69 Å². The van der Waals surface area contributed by atoms with E-state index in [1.807, 2.05) is 0 Å². The molecule has 4 N–H and O–H groups in total. The van der Waals surface area contributed by atoms with Crippen molar-refractivity contribution in [1.82, 2.24) is 0 Å². The van der Waals surface area contributed by atoms with Gasteiger partial charge in [0.2, 0.25) is 0 Å². The molecule has 1 rings (SSSR count). The van der Waals surface area contributed by atoms with Crippen LogP contribution < -0.4 is 11.5 Å². The first-order valence-corrected chi connectivity index (χ1v) is 4.34. The molecule has 0 radical (unpaired) electrons. The van der Waals surface area contributed by atoms with Crippen molar-refractivity contribution in [2.75, 3.05) is 6.54 Å². The van der Waals surface area contributed by atoms with E-state index in [0.717, 1.165) is 0 Å². The van der Waals surface area contributed by atoms with Gasteiger partial charge < -0.3 is 11.5 Å². The van der Waals surface area contributed by atoms with E-state index >= 15 is 0 Å². The average Bonchev–Trinajstić information content (AvgIpc) is 2.16. The monoisotopic (exact) mass is 215 g/mol. The molecule has 0 amide bonds. The zero-order chi connectivity index (χ0) is 10.7. The Morgan fingerprint density at radius 1 is 1.57 bits per heavy atom. The van der Waals surface area contributed by atoms with Crippen LogP contribution in [0.2, 0.25) is 5.02 Å². The zero-order valence-corrected chi connectivity index (χ0v) is 8.07. The quantitative estimate of drug-likeness (QED) is 0.585. The van der Waals surface area contributed by atoms with Crippen molar-refractivity contribution in [1.29, 1.82) is 0 Å². The van der Waals surface area contributed by atoms with Gasteiger partial charge in [-0.25, -0.2) is 0 Å². The second-order valence-electron chi connectivity index (χ2n) is 2.77. The molecule has 0 spiro atoms. The lowest BCUT2D eigenvalue weighted by atomic mass is 10.1. The molecule has 76 valence electrons. The van der Waals surface area contributed by atoms with Crippen LogP contribution in [0, 0.1) is 10.1 Å². The Hall–Kier alpha value is -1.17. The van der Waals surface area contributed by atoms with Gasteiger partial charge in [0.1, 0.15) is 0 Å². The van der Waals surface area contributed by atoms with Crippen LogP contribution >= 0.6 is 11.6 Å². The number of hydrogen-bond acceptors (Lipinski definition) is 4. The Morgan fingerprint density at radius 2 is 2.21 bits per heavy atom. The van der Waals surface area contributed by atoms with E-state index in [9.17, 15) is 10.1 Å². The third-order valence-corrected chi connectivity index (χ3v) is 2.18. The third kappa shape index (κ3) is 2.01. The topological polar surface area (TPSA) is 95.2 Å². The highest BCUT2D eigenvalue weighted by atomic mass is 35.5. The van der Waals surface area contributed by atoms with Gasteiger partial charge in [-0.2, -0.15) is 0 Å². The number of nitrogens with zero attached hydrogens (tertiary/aromatic N) is 1. The Labute approximate surface area is 85.8 Å². The van der Waals surface area contributed by atoms with Crippen molar-refractivity contribution in [2.24, 2.45) is 11.5 Å². The molecule has 0 heterocycles. The summed E-state index contributed by atoms with van der Waals surface area (Å²) in [6.45, 7) is 0.116. The molecule has 0 fully saturated rings. The molecule has 0 bridgehead atoms. The van der Waals surface area contributed by atoms with Crippen molar-refractivity contribution < 1.29 is 4.92 Å². The van der Waals surface area contributed by atoms with Gasteiger partial charge in [0.15, 0.2) is 0 Å². The van der Waals surface area contributed by atoms with Crippen molar-refractivity contribution in [3.63, 3.8) is 0 Å². The summed E-state index contributed by atoms with van der Waals surface area (Å²) in [5.74, 6) is 0. The summed E-state index contributed by atoms with van der Waals surface area (Å²) >= 11 is 5.81. The lowest BCUT2D eigenvalue weighted by Crippen LogP contribution is -2.22. The number of halogens is 1. The van der Waals surface area contributed by atoms with Crippen LogP contribution in [-0.4, -0.2) is 11.5 Å². The fraction of sp³-hybridized carbons (Fsp3) is 0.250. The van der Waals surface area contributed by atoms with E-state index in [4.69, 9.17) is 23.1 Å². The minimum absolute atomic E-state index is 0.0875. The summed E-state index contributed by atoms with van der Waals surface area (Å²) in [6, 6.07) is 3.81. The van der Waals surface area contributed by atoms with Gasteiger partial charge in [-0.05, 0) is 6.07 Å². The predicted molar refractivity (Wildman–Crippen MR) is 54.1 cm³/mol. The van der Waals surface area contributed by atoms with E-state index in [-0.39, 0.29) is 17.3 Å². The molecule has 0 saturated heterocycles. The molecule has 1 unspecified atom stereocenters. The number of hydrogen-bond donors (Lipinski definition) is 2. The summed E-state index contributed by atoms with van der Waals surface area (Å²) in [7, 11) is 0. The molecular formula is C8H10ClN3O2. The number of nitrogens with two attached hydrogens (primary N) is 2. The second kappa shape index (κ2) is 4.36. The fourth-order valence-corrected chi connectivity index (χ4v) is 1.48. The Kier molecular flexibility index (Phi) is 3.40. The van der Waals surface area contributed by atoms with Crippen molar-refractivity contribution in [2.45, 2.75) is 6.04 Å². The maximum Gasteiger partial charge on any atom is 0.275 e. The van der Waals surface area contributed by atoms with E-state index in [1.165, 1.54) is 12.1 Å². The Balaban J connectivity index is 3.29. The van der Waals surface area contributed by atoms with Crippen LogP contribution in [0.25, 0.3) is 0 Å². The van der Waals surface area contributed by atoms with Gasteiger partial charge in [-0.3, -0.25) is 10.1 Å². The highest BCUT2D eigenvalue weighted by molar-refractivity contribution is 6.31. The van der Waals surface area contributed by atoms with E-state index in [2.05, 4.69) is 0 Å². The average molecular weight is 216 g/mol. The van der Waals surface area contributed by atoms with Crippen molar-refractivity contribution >= 4 is 17.3 Å². The lowest BCUT2D eigenvalue weighted by Gasteiger charge is -2.10. The smallest absolute Gasteiger partial charge is 0.275 e. The first-order chi connectivity index (χ1) is 6.57. The van der Waals surface area contributed by atoms with E-state index in [1.54, 1.807) is 6.07 Å². The van der Waals surface area contributed by atoms with Gasteiger partial charge >= 0.3 is 0 Å². The highest BCUT2D eigenvalue weighted by Crippen LogP contribution is 2.30. The van der Waals surface area contributed by atoms with E-state index < -0.39 is 11.0 Å². The largest absolute Gasteiger partial charge is 0.329 e. The molecule has 0 saturated carbocycles. The standard InChI is InChI=1S/C8H10ClN3O2/c9-5-2-1-3-7(12(13)14)8(5)6(11)4-10/h1-3,6H,4,10-11H2. The normalized spacial score (nSPS) is 12.5. The Morgan fingerprint density at radius 3 is 2.71 bits per heavy atom. The molecule has 1 aromatic rings. The molecule has 1 atom stereocenters. The van der Waals surface area contributed by atoms with Crippen LogP contribution in [0.5, 0.6) is 0 Å². The lowest BCUT2D eigenvalue weighted by molar-refractivity contribution is -0.385. The van der Waals surface area contributed by atoms with Crippen LogP contribution in [0.4, 0.5) is 5.69 Å². The second-order valence-corrected chi connectivity index (χ2v) is 3.18. The predicted octanol–water partition coefficient (Wildman–Crippen LogP) is 1.21. The summed E-state index contributed by atoms with van der Waals surface area (Å²) < 4.78 is 0. The number of nitro groups is 1. The highest BCUT2D eigenvalue weighted by Gasteiger charge is 2.21. The minimum atomic E-state index is -0.607. The van der Waals surface area contributed by atoms with Crippen molar-refractivity contribution in [3.05, 3.63) is 38.9 Å². The van der Waals surface area contributed by atoms with Crippen LogP contribution in [0.3, 0.4) is 0 Å². The van der Waals surface area contributed by atoms with Gasteiger partial charge in [-0.15, -0.1) is 0 Å². The van der Waals surface area contributed by atoms with E-state index in [0.29, 0.717) is 5.56 Å². The fourth-order valence-electron chi connectivity index (χ4n) is 1.17. The molecule has 6 heteroatoms. The van der Waals surface area contributed by atoms with Gasteiger partial charge in [0.05, 0.1) is 21.6 Å². The molecule has 0 aliphatic heterocycles. The Bertz CT molecular complexity index is 356. The summed E-state index contributed by atoms with van der Waals surface area (Å²) in [5, 5.41) is 10.9. The molecule has 5 nitrogen and oxygen atoms in total. The molecular weight excluding hydrogens is 206 g/mol. The van der Waals surface area contributed by atoms with Crippen LogP contribution in [0.15, 0.2) is 18.2 Å². The molecule has 0 aliphatic rings. The molecule has 0 aliphatic carbocycles. The number of benzene rings is 1. The zero-order valence-electron chi connectivity index (χ0n) is 7.31. The maximum atomic E-state index is 10.6. The minimum Gasteiger partial charge on any atom is -0.329 e. The molecule has 14 heavy (non-hydrogen) atoms. The first-order valence-electron chi connectivity index (χ1n) is 3.96. The molecule has 0 aromatic heterocycles. The van der Waals surface area contributed by atoms with Crippen LogP contribution in [0.1, 0.15) is 11.6 Å².